The molecule has 2 saturated carbocycles. The Morgan fingerprint density at radius 1 is 1.05 bits per heavy atom. The van der Waals surface area contributed by atoms with Gasteiger partial charge in [0.05, 0.1) is 12.7 Å². The van der Waals surface area contributed by atoms with Gasteiger partial charge in [0.25, 0.3) is 0 Å². The molecule has 0 radical (unpaired) electrons. The van der Waals surface area contributed by atoms with Crippen LogP contribution in [0.2, 0.25) is 0 Å². The molecule has 0 bridgehead atoms. The number of ether oxygens (including phenoxy) is 1. The highest BCUT2D eigenvalue weighted by Gasteiger charge is 2.57. The van der Waals surface area contributed by atoms with Crippen LogP contribution in [0.1, 0.15) is 86.0 Å². The lowest BCUT2D eigenvalue weighted by Gasteiger charge is -2.54. The van der Waals surface area contributed by atoms with Gasteiger partial charge in [0.15, 0.2) is 0 Å². The second-order valence-electron chi connectivity index (χ2n) is 12.8. The van der Waals surface area contributed by atoms with E-state index in [-0.39, 0.29) is 11.5 Å². The van der Waals surface area contributed by atoms with E-state index < -0.39 is 11.2 Å². The zero-order valence-electron chi connectivity index (χ0n) is 24.1. The van der Waals surface area contributed by atoms with E-state index in [2.05, 4.69) is 42.2 Å². The predicted octanol–water partition coefficient (Wildman–Crippen LogP) is 6.90. The third-order valence-corrected chi connectivity index (χ3v) is 11.7. The van der Waals surface area contributed by atoms with Crippen molar-refractivity contribution in [3.05, 3.63) is 89.2 Å². The first kappa shape index (κ1) is 28.6. The van der Waals surface area contributed by atoms with Gasteiger partial charge in [0.1, 0.15) is 23.0 Å². The molecule has 3 aliphatic rings. The molecule has 218 valence electrons. The van der Waals surface area contributed by atoms with Crippen molar-refractivity contribution in [1.82, 2.24) is 4.98 Å². The minimum atomic E-state index is -0.852. The summed E-state index contributed by atoms with van der Waals surface area (Å²) in [7, 11) is 0. The molecule has 2 fully saturated rings. The Labute approximate surface area is 247 Å². The number of rotatable bonds is 10. The fourth-order valence-electron chi connectivity index (χ4n) is 8.28. The summed E-state index contributed by atoms with van der Waals surface area (Å²) in [6.07, 6.45) is 11.3. The van der Waals surface area contributed by atoms with Crippen LogP contribution in [0.15, 0.2) is 67.0 Å². The molecule has 0 amide bonds. The molecule has 2 N–H and O–H groups in total. The monoisotopic (exact) mass is 573 g/mol. The topological polar surface area (TPSA) is 85.6 Å². The van der Waals surface area contributed by atoms with Gasteiger partial charge in [-0.25, -0.2) is 0 Å². The Balaban J connectivity index is 1.07. The lowest BCUT2D eigenvalue weighted by Crippen LogP contribution is -2.47. The highest BCUT2D eigenvalue weighted by Crippen LogP contribution is 2.65. The molecule has 5 nitrogen and oxygen atoms in total. The Morgan fingerprint density at radius 2 is 1.90 bits per heavy atom. The highest BCUT2D eigenvalue weighted by atomic mass is 32.2. The predicted molar refractivity (Wildman–Crippen MR) is 164 cm³/mol. The smallest absolute Gasteiger partial charge is 0.132 e. The standard InChI is InChI=1S/C35H43NO4S/c1-35-21-31(34-29-14-10-27(37)20-26(29)9-13-30(34)32(35)15-16-33(35)38)25-7-11-28(12-8-25)40-18-3-2-4-19-41(39)23-24-6-5-17-36-22-24/h5-8,10-12,14,17,20,22,30-34,37-38H,2-4,9,13,15-16,18-19,21,23H2,1H3/t30-,31+,32-,33-,34+,35-,41?/m0/s1. The normalized spacial score (nSPS) is 29.3. The Morgan fingerprint density at radius 3 is 2.71 bits per heavy atom. The van der Waals surface area contributed by atoms with E-state index in [1.807, 2.05) is 24.3 Å². The first-order valence-electron chi connectivity index (χ1n) is 15.4. The second-order valence-corrected chi connectivity index (χ2v) is 14.3. The highest BCUT2D eigenvalue weighted by molar-refractivity contribution is 7.90. The molecule has 0 spiro atoms. The van der Waals surface area contributed by atoms with Crippen LogP contribution in [-0.2, 0) is 23.3 Å². The van der Waals surface area contributed by atoms with Crippen LogP contribution in [0.5, 0.6) is 11.5 Å². The lowest BCUT2D eigenvalue weighted by molar-refractivity contribution is -0.0323. The second kappa shape index (κ2) is 12.4. The van der Waals surface area contributed by atoms with E-state index in [9.17, 15) is 14.8 Å². The van der Waals surface area contributed by atoms with Gasteiger partial charge in [-0.2, -0.15) is 0 Å². The van der Waals surface area contributed by atoms with Gasteiger partial charge in [0, 0.05) is 18.0 Å². The summed E-state index contributed by atoms with van der Waals surface area (Å²) in [5.74, 6) is 4.39. The molecule has 3 aromatic rings. The molecule has 1 aromatic heterocycles. The van der Waals surface area contributed by atoms with E-state index in [0.717, 1.165) is 62.7 Å². The molecule has 1 heterocycles. The number of phenols is 1. The van der Waals surface area contributed by atoms with Gasteiger partial charge in [-0.05, 0) is 139 Å². The van der Waals surface area contributed by atoms with Crippen molar-refractivity contribution >= 4 is 11.2 Å². The number of fused-ring (bicyclic) bond motifs is 5. The Bertz CT molecular complexity index is 1300. The van der Waals surface area contributed by atoms with Crippen LogP contribution < -0.4 is 4.74 Å². The fourth-order valence-corrected chi connectivity index (χ4v) is 9.49. The number of aromatic nitrogens is 1. The number of aryl methyl sites for hydroxylation is 1. The van der Waals surface area contributed by atoms with Crippen LogP contribution in [0.4, 0.5) is 0 Å². The molecule has 7 atom stereocenters. The van der Waals surface area contributed by atoms with Gasteiger partial charge in [-0.1, -0.05) is 31.2 Å². The fraction of sp³-hybridized carbons (Fsp3) is 0.514. The summed E-state index contributed by atoms with van der Waals surface area (Å²) < 4.78 is 18.4. The summed E-state index contributed by atoms with van der Waals surface area (Å²) in [5.41, 5.74) is 5.00. The number of unbranched alkanes of at least 4 members (excludes halogenated alkanes) is 2. The molecule has 1 unspecified atom stereocenters. The third-order valence-electron chi connectivity index (χ3n) is 10.3. The number of hydrogen-bond donors (Lipinski definition) is 2. The van der Waals surface area contributed by atoms with Crippen molar-refractivity contribution in [3.8, 4) is 11.5 Å². The number of aromatic hydroxyl groups is 1. The van der Waals surface area contributed by atoms with Crippen LogP contribution in [0, 0.1) is 17.3 Å². The zero-order chi connectivity index (χ0) is 28.4. The maximum atomic E-state index is 12.3. The molecular formula is C35H43NO4S. The molecule has 0 aliphatic heterocycles. The number of aliphatic hydroxyl groups excluding tert-OH is 1. The summed E-state index contributed by atoms with van der Waals surface area (Å²) in [4.78, 5) is 4.10. The molecule has 6 rings (SSSR count). The van der Waals surface area contributed by atoms with E-state index >= 15 is 0 Å². The summed E-state index contributed by atoms with van der Waals surface area (Å²) >= 11 is -0.852. The number of hydrogen-bond acceptors (Lipinski definition) is 5. The number of pyridine rings is 1. The third kappa shape index (κ3) is 6.02. The summed E-state index contributed by atoms with van der Waals surface area (Å²) in [6, 6.07) is 18.5. The minimum absolute atomic E-state index is 0.0446. The summed E-state index contributed by atoms with van der Waals surface area (Å²) in [5, 5.41) is 21.3. The van der Waals surface area contributed by atoms with Gasteiger partial charge >= 0.3 is 0 Å². The molecule has 41 heavy (non-hydrogen) atoms. The van der Waals surface area contributed by atoms with Crippen LogP contribution >= 0.6 is 0 Å². The van der Waals surface area contributed by atoms with Crippen molar-refractivity contribution in [2.24, 2.45) is 17.3 Å². The van der Waals surface area contributed by atoms with Crippen LogP contribution in [0.3, 0.4) is 0 Å². The number of aliphatic hydroxyl groups is 1. The van der Waals surface area contributed by atoms with E-state index in [4.69, 9.17) is 4.74 Å². The Hall–Kier alpha value is -2.54. The molecule has 6 heteroatoms. The first-order valence-corrected chi connectivity index (χ1v) is 16.9. The largest absolute Gasteiger partial charge is 0.616 e. The average Bonchev–Trinajstić information content (AvgIpc) is 3.28. The zero-order valence-corrected chi connectivity index (χ0v) is 24.9. The van der Waals surface area contributed by atoms with Gasteiger partial charge in [-0.15, -0.1) is 0 Å². The van der Waals surface area contributed by atoms with Gasteiger partial charge in [0.2, 0.25) is 0 Å². The van der Waals surface area contributed by atoms with Gasteiger partial charge < -0.3 is 19.5 Å². The quantitative estimate of drug-likeness (QED) is 0.204. The molecule has 3 aliphatic carbocycles. The number of phenolic OH excluding ortho intramolecular Hbond substituents is 1. The van der Waals surface area contributed by atoms with Crippen molar-refractivity contribution in [1.29, 1.82) is 0 Å². The molecule has 2 aromatic carbocycles. The molecular weight excluding hydrogens is 530 g/mol. The SMILES string of the molecule is C[C@]12C[C@H](c3ccc(OCCCCC[S+]([O-])Cc4cccnc4)cc3)[C@@H]3c4ccc(O)cc4CC[C@H]3[C@@H]1CC[C@@H]2O. The molecule has 0 saturated heterocycles. The first-order chi connectivity index (χ1) is 19.9. The van der Waals surface area contributed by atoms with Crippen LogP contribution in [-0.4, -0.2) is 38.2 Å². The number of benzene rings is 2. The van der Waals surface area contributed by atoms with E-state index in [1.165, 1.54) is 16.7 Å². The van der Waals surface area contributed by atoms with Crippen molar-refractivity contribution in [2.75, 3.05) is 12.4 Å². The maximum Gasteiger partial charge on any atom is 0.132 e. The van der Waals surface area contributed by atoms with Gasteiger partial charge in [-0.3, -0.25) is 4.98 Å². The van der Waals surface area contributed by atoms with Crippen molar-refractivity contribution in [2.45, 2.75) is 82.0 Å². The minimum Gasteiger partial charge on any atom is -0.616 e. The number of nitrogens with zero attached hydrogens (tertiary/aromatic N) is 1. The Kier molecular flexibility index (Phi) is 8.62. The summed E-state index contributed by atoms with van der Waals surface area (Å²) in [6.45, 7) is 2.99. The van der Waals surface area contributed by atoms with E-state index in [1.54, 1.807) is 12.4 Å². The lowest BCUT2D eigenvalue weighted by atomic mass is 9.51. The van der Waals surface area contributed by atoms with Crippen LogP contribution in [0.25, 0.3) is 0 Å². The van der Waals surface area contributed by atoms with Crippen molar-refractivity contribution in [3.63, 3.8) is 0 Å². The average molecular weight is 574 g/mol. The van der Waals surface area contributed by atoms with E-state index in [0.29, 0.717) is 47.5 Å². The van der Waals surface area contributed by atoms with Crippen molar-refractivity contribution < 1.29 is 19.5 Å². The maximum absolute atomic E-state index is 12.3.